The van der Waals surface area contributed by atoms with Crippen LogP contribution in [0.4, 0.5) is 0 Å². The summed E-state index contributed by atoms with van der Waals surface area (Å²) >= 11 is 0. The van der Waals surface area contributed by atoms with Crippen LogP contribution < -0.4 is 10.6 Å². The number of benzene rings is 1. The fourth-order valence-electron chi connectivity index (χ4n) is 3.02. The van der Waals surface area contributed by atoms with Crippen molar-refractivity contribution in [2.24, 2.45) is 12.0 Å². The van der Waals surface area contributed by atoms with E-state index >= 15 is 0 Å². The Kier molecular flexibility index (Phi) is 8.96. The van der Waals surface area contributed by atoms with E-state index in [1.54, 1.807) is 7.05 Å². The molecule has 0 aliphatic rings. The average molecular weight is 455 g/mol. The number of hydrogen-bond acceptors (Lipinski definition) is 2. The number of rotatable bonds is 7. The summed E-state index contributed by atoms with van der Waals surface area (Å²) in [4.78, 5) is 4.35. The second kappa shape index (κ2) is 10.4. The maximum atomic E-state index is 4.35. The van der Waals surface area contributed by atoms with E-state index < -0.39 is 0 Å². The third-order valence-corrected chi connectivity index (χ3v) is 4.92. The third kappa shape index (κ3) is 5.45. The Bertz CT molecular complexity index is 647. The molecule has 5 nitrogen and oxygen atoms in total. The molecule has 0 fully saturated rings. The van der Waals surface area contributed by atoms with E-state index in [1.807, 2.05) is 24.0 Å². The van der Waals surface area contributed by atoms with Crippen molar-refractivity contribution in [1.82, 2.24) is 20.4 Å². The molecule has 0 aliphatic heterocycles. The Balaban J connectivity index is 0.00000312. The van der Waals surface area contributed by atoms with Gasteiger partial charge in [0.25, 0.3) is 0 Å². The van der Waals surface area contributed by atoms with Gasteiger partial charge in [-0.25, -0.2) is 0 Å². The molecule has 0 atom stereocenters. The summed E-state index contributed by atoms with van der Waals surface area (Å²) in [5.41, 5.74) is 2.62. The predicted molar refractivity (Wildman–Crippen MR) is 116 cm³/mol. The highest BCUT2D eigenvalue weighted by molar-refractivity contribution is 14.0. The quantitative estimate of drug-likeness (QED) is 0.382. The summed E-state index contributed by atoms with van der Waals surface area (Å²) in [6.45, 7) is 6.07. The summed E-state index contributed by atoms with van der Waals surface area (Å²) in [5.74, 6) is 0.818. The van der Waals surface area contributed by atoms with E-state index in [0.717, 1.165) is 31.0 Å². The Hall–Kier alpha value is -1.57. The van der Waals surface area contributed by atoms with Crippen LogP contribution in [0.2, 0.25) is 0 Å². The second-order valence-electron chi connectivity index (χ2n) is 6.08. The van der Waals surface area contributed by atoms with Crippen molar-refractivity contribution in [2.45, 2.75) is 38.6 Å². The Morgan fingerprint density at radius 3 is 2.32 bits per heavy atom. The van der Waals surface area contributed by atoms with Crippen LogP contribution >= 0.6 is 24.0 Å². The molecule has 2 aromatic rings. The second-order valence-corrected chi connectivity index (χ2v) is 6.08. The van der Waals surface area contributed by atoms with Gasteiger partial charge in [-0.15, -0.1) is 24.0 Å². The van der Waals surface area contributed by atoms with Crippen molar-refractivity contribution in [3.05, 3.63) is 53.9 Å². The van der Waals surface area contributed by atoms with Crippen molar-refractivity contribution in [1.29, 1.82) is 0 Å². The molecule has 0 aliphatic carbocycles. The maximum absolute atomic E-state index is 4.35. The molecule has 6 heteroatoms. The van der Waals surface area contributed by atoms with Crippen LogP contribution in [0.25, 0.3) is 0 Å². The lowest BCUT2D eigenvalue weighted by Gasteiger charge is -2.33. The molecular weight excluding hydrogens is 425 g/mol. The van der Waals surface area contributed by atoms with Gasteiger partial charge in [-0.05, 0) is 24.5 Å². The molecule has 2 rings (SSSR count). The van der Waals surface area contributed by atoms with E-state index in [9.17, 15) is 0 Å². The summed E-state index contributed by atoms with van der Waals surface area (Å²) in [6, 6.07) is 12.8. The monoisotopic (exact) mass is 455 g/mol. The van der Waals surface area contributed by atoms with Gasteiger partial charge in [0, 0.05) is 32.3 Å². The van der Waals surface area contributed by atoms with Gasteiger partial charge in [-0.2, -0.15) is 5.10 Å². The van der Waals surface area contributed by atoms with Crippen LogP contribution in [0.15, 0.2) is 47.6 Å². The van der Waals surface area contributed by atoms with Crippen molar-refractivity contribution >= 4 is 29.9 Å². The first kappa shape index (κ1) is 21.5. The first-order chi connectivity index (χ1) is 11.6. The SMILES string of the molecule is CCC(CC)(CNC(=NC)NCc1ccnn1C)c1ccccc1.I. The third-order valence-electron chi connectivity index (χ3n) is 4.92. The first-order valence-electron chi connectivity index (χ1n) is 8.62. The van der Waals surface area contributed by atoms with Crippen molar-refractivity contribution in [3.63, 3.8) is 0 Å². The van der Waals surface area contributed by atoms with Crippen LogP contribution in [0.5, 0.6) is 0 Å². The number of nitrogens with one attached hydrogen (secondary N) is 2. The molecule has 25 heavy (non-hydrogen) atoms. The smallest absolute Gasteiger partial charge is 0.191 e. The zero-order chi connectivity index (χ0) is 17.4. The zero-order valence-corrected chi connectivity index (χ0v) is 18.0. The number of nitrogens with zero attached hydrogens (tertiary/aromatic N) is 3. The Morgan fingerprint density at radius 2 is 1.80 bits per heavy atom. The highest BCUT2D eigenvalue weighted by Crippen LogP contribution is 2.30. The minimum Gasteiger partial charge on any atom is -0.356 e. The van der Waals surface area contributed by atoms with Crippen LogP contribution in [-0.2, 0) is 19.0 Å². The Morgan fingerprint density at radius 1 is 1.12 bits per heavy atom. The predicted octanol–water partition coefficient (Wildman–Crippen LogP) is 3.46. The van der Waals surface area contributed by atoms with E-state index in [-0.39, 0.29) is 29.4 Å². The molecule has 0 saturated heterocycles. The van der Waals surface area contributed by atoms with Crippen molar-refractivity contribution < 1.29 is 0 Å². The van der Waals surface area contributed by atoms with Crippen LogP contribution in [0.3, 0.4) is 0 Å². The summed E-state index contributed by atoms with van der Waals surface area (Å²) in [6.07, 6.45) is 3.97. The largest absolute Gasteiger partial charge is 0.356 e. The van der Waals surface area contributed by atoms with Gasteiger partial charge in [-0.1, -0.05) is 44.2 Å². The van der Waals surface area contributed by atoms with E-state index in [1.165, 1.54) is 5.56 Å². The molecule has 1 heterocycles. The fraction of sp³-hybridized carbons (Fsp3) is 0.474. The summed E-state index contributed by atoms with van der Waals surface area (Å²) in [7, 11) is 3.75. The van der Waals surface area contributed by atoms with Crippen LogP contribution in [0.1, 0.15) is 37.9 Å². The van der Waals surface area contributed by atoms with Gasteiger partial charge in [0.2, 0.25) is 0 Å². The molecule has 0 bridgehead atoms. The lowest BCUT2D eigenvalue weighted by molar-refractivity contribution is 0.389. The molecule has 2 N–H and O–H groups in total. The van der Waals surface area contributed by atoms with Gasteiger partial charge in [-0.3, -0.25) is 9.67 Å². The molecule has 1 aromatic heterocycles. The minimum absolute atomic E-state index is 0. The molecule has 138 valence electrons. The highest BCUT2D eigenvalue weighted by atomic mass is 127. The standard InChI is InChI=1S/C19H29N5.HI/c1-5-19(6-2,16-10-8-7-9-11-16)15-22-18(20-3)21-14-17-12-13-23-24(17)4;/h7-13H,5-6,14-15H2,1-4H3,(H2,20,21,22);1H. The zero-order valence-electron chi connectivity index (χ0n) is 15.6. The van der Waals surface area contributed by atoms with Gasteiger partial charge in [0.1, 0.15) is 0 Å². The van der Waals surface area contributed by atoms with Crippen molar-refractivity contribution in [3.8, 4) is 0 Å². The number of aromatic nitrogens is 2. The molecule has 0 unspecified atom stereocenters. The van der Waals surface area contributed by atoms with Gasteiger partial charge in [0.15, 0.2) is 5.96 Å². The summed E-state index contributed by atoms with van der Waals surface area (Å²) < 4.78 is 1.87. The lowest BCUT2D eigenvalue weighted by Crippen LogP contribution is -2.45. The number of hydrogen-bond donors (Lipinski definition) is 2. The average Bonchev–Trinajstić information content (AvgIpc) is 3.04. The fourth-order valence-corrected chi connectivity index (χ4v) is 3.02. The van der Waals surface area contributed by atoms with Crippen LogP contribution in [-0.4, -0.2) is 29.3 Å². The number of aryl methyl sites for hydroxylation is 1. The number of halogens is 1. The summed E-state index contributed by atoms with van der Waals surface area (Å²) in [5, 5.41) is 11.1. The molecule has 1 aromatic carbocycles. The van der Waals surface area contributed by atoms with Gasteiger partial charge in [0.05, 0.1) is 12.2 Å². The minimum atomic E-state index is 0. The molecule has 0 spiro atoms. The first-order valence-corrected chi connectivity index (χ1v) is 8.62. The van der Waals surface area contributed by atoms with Crippen LogP contribution in [0, 0.1) is 0 Å². The molecule has 0 radical (unpaired) electrons. The molecule has 0 saturated carbocycles. The maximum Gasteiger partial charge on any atom is 0.191 e. The van der Waals surface area contributed by atoms with Gasteiger partial charge < -0.3 is 10.6 Å². The van der Waals surface area contributed by atoms with Crippen molar-refractivity contribution in [2.75, 3.05) is 13.6 Å². The lowest BCUT2D eigenvalue weighted by atomic mass is 9.76. The normalized spacial score (nSPS) is 11.8. The topological polar surface area (TPSA) is 54.2 Å². The van der Waals surface area contributed by atoms with E-state index in [4.69, 9.17) is 0 Å². The van der Waals surface area contributed by atoms with E-state index in [2.05, 4.69) is 64.9 Å². The highest BCUT2D eigenvalue weighted by Gasteiger charge is 2.28. The molecule has 0 amide bonds. The Labute approximate surface area is 168 Å². The number of aliphatic imine (C=N–C) groups is 1. The van der Waals surface area contributed by atoms with Gasteiger partial charge >= 0.3 is 0 Å². The molecular formula is C19H30IN5. The van der Waals surface area contributed by atoms with E-state index in [0.29, 0.717) is 6.54 Å². The number of guanidine groups is 1.